The molecule has 3 N–H and O–H groups in total. The number of anilines is 1. The number of urea groups is 1. The van der Waals surface area contributed by atoms with Crippen LogP contribution in [0.25, 0.3) is 22.2 Å². The van der Waals surface area contributed by atoms with Crippen LogP contribution in [-0.2, 0) is 6.54 Å². The first-order valence-corrected chi connectivity index (χ1v) is 9.17. The average Bonchev–Trinajstić information content (AvgIpc) is 3.09. The van der Waals surface area contributed by atoms with Crippen molar-refractivity contribution in [2.45, 2.75) is 13.5 Å². The minimum atomic E-state index is -0.264. The molecule has 0 saturated heterocycles. The summed E-state index contributed by atoms with van der Waals surface area (Å²) >= 11 is 5.86. The third-order valence-electron chi connectivity index (χ3n) is 4.46. The lowest BCUT2D eigenvalue weighted by atomic mass is 10.0. The number of pyridine rings is 1. The molecule has 0 radical (unpaired) electrons. The predicted molar refractivity (Wildman–Crippen MR) is 111 cm³/mol. The van der Waals surface area contributed by atoms with Crippen molar-refractivity contribution < 1.29 is 4.79 Å². The fourth-order valence-corrected chi connectivity index (χ4v) is 3.16. The number of carbonyl (C=O) groups excluding carboxylic acids is 1. The van der Waals surface area contributed by atoms with E-state index < -0.39 is 0 Å². The smallest absolute Gasteiger partial charge is 0.319 e. The van der Waals surface area contributed by atoms with Gasteiger partial charge in [-0.1, -0.05) is 35.9 Å². The Labute approximate surface area is 167 Å². The van der Waals surface area contributed by atoms with Crippen LogP contribution in [0.2, 0.25) is 5.02 Å². The Morgan fingerprint density at radius 3 is 2.57 bits per heavy atom. The van der Waals surface area contributed by atoms with Crippen molar-refractivity contribution in [3.05, 3.63) is 77.1 Å². The van der Waals surface area contributed by atoms with E-state index in [2.05, 4.69) is 25.8 Å². The van der Waals surface area contributed by atoms with Gasteiger partial charge in [-0.05, 0) is 53.9 Å². The number of hydrogen-bond donors (Lipinski definition) is 3. The molecule has 7 heteroatoms. The number of benzene rings is 2. The van der Waals surface area contributed by atoms with Crippen LogP contribution in [-0.4, -0.2) is 21.2 Å². The fourth-order valence-electron chi connectivity index (χ4n) is 3.03. The second kappa shape index (κ2) is 7.70. The van der Waals surface area contributed by atoms with Gasteiger partial charge in [0.05, 0.1) is 0 Å². The summed E-state index contributed by atoms with van der Waals surface area (Å²) in [5.74, 6) is 0. The zero-order chi connectivity index (χ0) is 19.5. The molecular formula is C21H18ClN5O. The molecule has 140 valence electrons. The van der Waals surface area contributed by atoms with E-state index in [0.29, 0.717) is 22.9 Å². The summed E-state index contributed by atoms with van der Waals surface area (Å²) in [6.07, 6.45) is 1.74. The molecule has 2 aromatic carbocycles. The van der Waals surface area contributed by atoms with Crippen LogP contribution < -0.4 is 10.6 Å². The van der Waals surface area contributed by atoms with Crippen LogP contribution in [0.4, 0.5) is 10.5 Å². The maximum absolute atomic E-state index is 12.1. The summed E-state index contributed by atoms with van der Waals surface area (Å²) in [5, 5.41) is 14.5. The minimum Gasteiger partial charge on any atom is -0.334 e. The first-order chi connectivity index (χ1) is 13.6. The largest absolute Gasteiger partial charge is 0.334 e. The number of aromatic nitrogens is 3. The number of hydrogen-bond acceptors (Lipinski definition) is 3. The number of nitrogens with zero attached hydrogens (tertiary/aromatic N) is 2. The number of aryl methyl sites for hydroxylation is 1. The third-order valence-corrected chi connectivity index (χ3v) is 4.71. The number of aromatic amines is 1. The highest BCUT2D eigenvalue weighted by Gasteiger charge is 2.10. The molecule has 0 fully saturated rings. The molecule has 0 aliphatic rings. The van der Waals surface area contributed by atoms with E-state index in [-0.39, 0.29) is 6.03 Å². The van der Waals surface area contributed by atoms with Crippen molar-refractivity contribution in [3.63, 3.8) is 0 Å². The normalized spacial score (nSPS) is 10.8. The highest BCUT2D eigenvalue weighted by molar-refractivity contribution is 6.30. The van der Waals surface area contributed by atoms with Gasteiger partial charge in [0.2, 0.25) is 0 Å². The van der Waals surface area contributed by atoms with Gasteiger partial charge in [-0.2, -0.15) is 5.10 Å². The SMILES string of the molecule is Cc1[nH]nc2nccc(-c3ccc(NC(=O)NCc4ccc(Cl)cc4)cc3)c12. The standard InChI is InChI=1S/C21H18ClN5O/c1-13-19-18(10-11-23-20(19)27-26-13)15-4-8-17(9-5-15)25-21(28)24-12-14-2-6-16(22)7-3-14/h2-11H,12H2,1H3,(H,23,26,27)(H2,24,25,28). The van der Waals surface area contributed by atoms with Crippen molar-refractivity contribution in [2.75, 3.05) is 5.32 Å². The number of amides is 2. The first kappa shape index (κ1) is 18.0. The van der Waals surface area contributed by atoms with Crippen molar-refractivity contribution >= 4 is 34.4 Å². The lowest BCUT2D eigenvalue weighted by Crippen LogP contribution is -2.28. The van der Waals surface area contributed by atoms with Gasteiger partial charge < -0.3 is 10.6 Å². The van der Waals surface area contributed by atoms with Crippen LogP contribution in [0.5, 0.6) is 0 Å². The number of nitrogens with one attached hydrogen (secondary N) is 3. The molecular weight excluding hydrogens is 374 g/mol. The van der Waals surface area contributed by atoms with Gasteiger partial charge in [0.1, 0.15) is 0 Å². The third kappa shape index (κ3) is 3.82. The Morgan fingerprint density at radius 2 is 1.82 bits per heavy atom. The zero-order valence-corrected chi connectivity index (χ0v) is 15.9. The fraction of sp³-hybridized carbons (Fsp3) is 0.0952. The van der Waals surface area contributed by atoms with Crippen LogP contribution >= 0.6 is 11.6 Å². The van der Waals surface area contributed by atoms with Crippen LogP contribution in [0.3, 0.4) is 0 Å². The lowest BCUT2D eigenvalue weighted by Gasteiger charge is -2.09. The maximum atomic E-state index is 12.1. The first-order valence-electron chi connectivity index (χ1n) is 8.79. The molecule has 0 bridgehead atoms. The van der Waals surface area contributed by atoms with Crippen LogP contribution in [0.15, 0.2) is 60.8 Å². The Morgan fingerprint density at radius 1 is 1.07 bits per heavy atom. The van der Waals surface area contributed by atoms with Crippen molar-refractivity contribution in [3.8, 4) is 11.1 Å². The van der Waals surface area contributed by atoms with Gasteiger partial charge in [-0.3, -0.25) is 5.10 Å². The van der Waals surface area contributed by atoms with Crippen LogP contribution in [0.1, 0.15) is 11.3 Å². The van der Waals surface area contributed by atoms with E-state index in [1.54, 1.807) is 18.3 Å². The van der Waals surface area contributed by atoms with E-state index in [1.807, 2.05) is 49.4 Å². The second-order valence-corrected chi connectivity index (χ2v) is 6.85. The summed E-state index contributed by atoms with van der Waals surface area (Å²) in [7, 11) is 0. The second-order valence-electron chi connectivity index (χ2n) is 6.42. The molecule has 4 rings (SSSR count). The molecule has 0 spiro atoms. The summed E-state index contributed by atoms with van der Waals surface area (Å²) in [4.78, 5) is 16.4. The Balaban J connectivity index is 1.43. The van der Waals surface area contributed by atoms with E-state index in [9.17, 15) is 4.79 Å². The molecule has 6 nitrogen and oxygen atoms in total. The highest BCUT2D eigenvalue weighted by Crippen LogP contribution is 2.29. The van der Waals surface area contributed by atoms with Crippen molar-refractivity contribution in [1.82, 2.24) is 20.5 Å². The summed E-state index contributed by atoms with van der Waals surface area (Å²) in [6, 6.07) is 16.7. The lowest BCUT2D eigenvalue weighted by molar-refractivity contribution is 0.251. The molecule has 0 saturated carbocycles. The zero-order valence-electron chi connectivity index (χ0n) is 15.2. The number of rotatable bonds is 4. The summed E-state index contributed by atoms with van der Waals surface area (Å²) < 4.78 is 0. The Kier molecular flexibility index (Phi) is 4.95. The minimum absolute atomic E-state index is 0.264. The molecule has 0 atom stereocenters. The maximum Gasteiger partial charge on any atom is 0.319 e. The van der Waals surface area contributed by atoms with Crippen LogP contribution in [0, 0.1) is 6.92 Å². The average molecular weight is 392 g/mol. The Bertz CT molecular complexity index is 1120. The quantitative estimate of drug-likeness (QED) is 0.462. The molecule has 0 aliphatic heterocycles. The molecule has 2 aromatic heterocycles. The summed E-state index contributed by atoms with van der Waals surface area (Å²) in [6.45, 7) is 2.40. The number of halogens is 1. The molecule has 4 aromatic rings. The van der Waals surface area contributed by atoms with Gasteiger partial charge in [0.15, 0.2) is 5.65 Å². The molecule has 28 heavy (non-hydrogen) atoms. The van der Waals surface area contributed by atoms with E-state index >= 15 is 0 Å². The topological polar surface area (TPSA) is 82.7 Å². The monoisotopic (exact) mass is 391 g/mol. The highest BCUT2D eigenvalue weighted by atomic mass is 35.5. The van der Waals surface area contributed by atoms with Gasteiger partial charge in [0, 0.05) is 34.5 Å². The predicted octanol–water partition coefficient (Wildman–Crippen LogP) is 4.91. The number of carbonyl (C=O) groups is 1. The molecule has 0 unspecified atom stereocenters. The Hall–Kier alpha value is -3.38. The summed E-state index contributed by atoms with van der Waals surface area (Å²) in [5.41, 5.74) is 5.44. The van der Waals surface area contributed by atoms with Crippen molar-refractivity contribution in [1.29, 1.82) is 0 Å². The van der Waals surface area contributed by atoms with Gasteiger partial charge in [-0.25, -0.2) is 9.78 Å². The van der Waals surface area contributed by atoms with E-state index in [1.165, 1.54) is 0 Å². The molecule has 2 amide bonds. The van der Waals surface area contributed by atoms with Crippen molar-refractivity contribution in [2.24, 2.45) is 0 Å². The van der Waals surface area contributed by atoms with Gasteiger partial charge in [-0.15, -0.1) is 0 Å². The number of H-pyrrole nitrogens is 1. The number of fused-ring (bicyclic) bond motifs is 1. The van der Waals surface area contributed by atoms with E-state index in [4.69, 9.17) is 11.6 Å². The molecule has 0 aliphatic carbocycles. The van der Waals surface area contributed by atoms with Gasteiger partial charge >= 0.3 is 6.03 Å². The van der Waals surface area contributed by atoms with Gasteiger partial charge in [0.25, 0.3) is 0 Å². The van der Waals surface area contributed by atoms with E-state index in [0.717, 1.165) is 27.8 Å². The molecule has 2 heterocycles.